The number of hydrogen-bond donors (Lipinski definition) is 1. The predicted molar refractivity (Wildman–Crippen MR) is 130 cm³/mol. The third kappa shape index (κ3) is 4.39. The Morgan fingerprint density at radius 3 is 2.77 bits per heavy atom. The lowest BCUT2D eigenvalue weighted by Crippen LogP contribution is -2.37. The van der Waals surface area contributed by atoms with E-state index in [-0.39, 0.29) is 17.2 Å². The molecule has 35 heavy (non-hydrogen) atoms. The van der Waals surface area contributed by atoms with Gasteiger partial charge >= 0.3 is 5.76 Å². The summed E-state index contributed by atoms with van der Waals surface area (Å²) in [6.45, 7) is 1.69. The molecule has 0 bridgehead atoms. The number of carbonyl (C=O) groups is 1. The summed E-state index contributed by atoms with van der Waals surface area (Å²) in [5.74, 6) is 0.693. The van der Waals surface area contributed by atoms with E-state index in [4.69, 9.17) is 9.15 Å². The number of benzene rings is 2. The highest BCUT2D eigenvalue weighted by Crippen LogP contribution is 2.35. The van der Waals surface area contributed by atoms with Gasteiger partial charge in [-0.25, -0.2) is 4.79 Å². The molecule has 5 rings (SSSR count). The average Bonchev–Trinajstić information content (AvgIpc) is 3.43. The largest absolute Gasteiger partial charge is 0.497 e. The number of rotatable bonds is 7. The fourth-order valence-electron chi connectivity index (χ4n) is 4.95. The second kappa shape index (κ2) is 9.28. The van der Waals surface area contributed by atoms with E-state index in [9.17, 15) is 19.7 Å². The summed E-state index contributed by atoms with van der Waals surface area (Å²) in [6.07, 6.45) is 4.64. The molecule has 0 atom stereocenters. The molecule has 10 nitrogen and oxygen atoms in total. The highest BCUT2D eigenvalue weighted by atomic mass is 16.6. The van der Waals surface area contributed by atoms with Gasteiger partial charge in [-0.3, -0.25) is 19.5 Å². The molecule has 10 heteroatoms. The predicted octanol–water partition coefficient (Wildman–Crippen LogP) is 4.18. The molecule has 4 aromatic rings. The zero-order valence-corrected chi connectivity index (χ0v) is 19.4. The zero-order chi connectivity index (χ0) is 24.5. The minimum Gasteiger partial charge on any atom is -0.497 e. The van der Waals surface area contributed by atoms with Crippen LogP contribution in [0.2, 0.25) is 0 Å². The molecule has 0 spiro atoms. The molecule has 1 aliphatic heterocycles. The van der Waals surface area contributed by atoms with Crippen molar-refractivity contribution >= 4 is 33.6 Å². The van der Waals surface area contributed by atoms with E-state index in [1.54, 1.807) is 7.11 Å². The Morgan fingerprint density at radius 1 is 1.23 bits per heavy atom. The van der Waals surface area contributed by atoms with Crippen LogP contribution in [0, 0.1) is 10.1 Å². The van der Waals surface area contributed by atoms with Gasteiger partial charge in [-0.05, 0) is 55.0 Å². The second-order valence-electron chi connectivity index (χ2n) is 8.84. The first-order valence-corrected chi connectivity index (χ1v) is 11.6. The Morgan fingerprint density at radius 2 is 2.03 bits per heavy atom. The number of hydrogen-bond acceptors (Lipinski definition) is 6. The number of nitrogens with one attached hydrogen (secondary N) is 1. The number of nitro benzene ring substituents is 1. The van der Waals surface area contributed by atoms with Gasteiger partial charge in [-0.15, -0.1) is 0 Å². The van der Waals surface area contributed by atoms with Crippen molar-refractivity contribution in [3.63, 3.8) is 0 Å². The van der Waals surface area contributed by atoms with E-state index < -0.39 is 10.7 Å². The zero-order valence-electron chi connectivity index (χ0n) is 19.4. The minimum atomic E-state index is -0.580. The van der Waals surface area contributed by atoms with Crippen molar-refractivity contribution in [2.75, 3.05) is 20.2 Å². The van der Waals surface area contributed by atoms with Gasteiger partial charge in [0.25, 0.3) is 5.69 Å². The van der Waals surface area contributed by atoms with E-state index >= 15 is 0 Å². The molecule has 3 heterocycles. The summed E-state index contributed by atoms with van der Waals surface area (Å²) in [6, 6.07) is 10.1. The lowest BCUT2D eigenvalue weighted by Gasteiger charge is -2.32. The summed E-state index contributed by atoms with van der Waals surface area (Å²) in [5, 5.41) is 12.1. The van der Waals surface area contributed by atoms with E-state index in [1.807, 2.05) is 17.0 Å². The van der Waals surface area contributed by atoms with Crippen LogP contribution in [0.3, 0.4) is 0 Å². The molecule has 0 saturated carbocycles. The van der Waals surface area contributed by atoms with Crippen molar-refractivity contribution in [3.8, 4) is 5.75 Å². The lowest BCUT2D eigenvalue weighted by atomic mass is 9.89. The van der Waals surface area contributed by atoms with E-state index in [2.05, 4.69) is 17.2 Å². The minimum absolute atomic E-state index is 0.0699. The summed E-state index contributed by atoms with van der Waals surface area (Å²) in [4.78, 5) is 40.6. The SMILES string of the molecule is COc1ccc2[nH]cc(C3CCN(C(=O)CCCn4c(=O)oc5cc([N+](=O)[O-])ccc54)CC3)c2c1. The van der Waals surface area contributed by atoms with Gasteiger partial charge in [0, 0.05) is 49.2 Å². The fraction of sp³-hybridized carbons (Fsp3) is 0.360. The van der Waals surface area contributed by atoms with Crippen LogP contribution in [0.15, 0.2) is 51.8 Å². The van der Waals surface area contributed by atoms with Crippen LogP contribution >= 0.6 is 0 Å². The number of H-pyrrole nitrogens is 1. The van der Waals surface area contributed by atoms with Crippen LogP contribution in [0.4, 0.5) is 5.69 Å². The van der Waals surface area contributed by atoms with Gasteiger partial charge in [0.05, 0.1) is 23.6 Å². The number of piperidine rings is 1. The molecule has 0 unspecified atom stereocenters. The van der Waals surface area contributed by atoms with Gasteiger partial charge in [0.2, 0.25) is 5.91 Å². The van der Waals surface area contributed by atoms with Crippen LogP contribution in [-0.4, -0.2) is 45.5 Å². The Labute approximate surface area is 200 Å². The number of nitro groups is 1. The molecule has 1 saturated heterocycles. The smallest absolute Gasteiger partial charge is 0.419 e. The van der Waals surface area contributed by atoms with Crippen LogP contribution in [-0.2, 0) is 11.3 Å². The van der Waals surface area contributed by atoms with Crippen LogP contribution in [0.25, 0.3) is 22.0 Å². The molecule has 1 fully saturated rings. The maximum absolute atomic E-state index is 12.8. The molecule has 0 aliphatic carbocycles. The number of oxazole rings is 1. The third-order valence-corrected chi connectivity index (χ3v) is 6.84. The van der Waals surface area contributed by atoms with Crippen LogP contribution in [0.1, 0.15) is 37.2 Å². The van der Waals surface area contributed by atoms with E-state index in [0.717, 1.165) is 29.5 Å². The number of amides is 1. The number of aromatic amines is 1. The summed E-state index contributed by atoms with van der Waals surface area (Å²) >= 11 is 0. The number of nitrogens with zero attached hydrogens (tertiary/aromatic N) is 3. The number of methoxy groups -OCH3 is 1. The van der Waals surface area contributed by atoms with Gasteiger partial charge in [0.1, 0.15) is 5.75 Å². The fourth-order valence-corrected chi connectivity index (χ4v) is 4.95. The van der Waals surface area contributed by atoms with Crippen molar-refractivity contribution in [1.82, 2.24) is 14.5 Å². The maximum Gasteiger partial charge on any atom is 0.419 e. The molecule has 2 aromatic carbocycles. The standard InChI is InChI=1S/C25H26N4O6/c1-34-18-5-6-21-19(14-18)20(15-26-21)16-8-11-27(12-9-16)24(30)3-2-10-28-22-7-4-17(29(32)33)13-23(22)35-25(28)31/h4-7,13-16,26H,2-3,8-12H2,1H3. The summed E-state index contributed by atoms with van der Waals surface area (Å²) < 4.78 is 11.9. The van der Waals surface area contributed by atoms with Crippen molar-refractivity contribution in [3.05, 3.63) is 68.8 Å². The summed E-state index contributed by atoms with van der Waals surface area (Å²) in [5.41, 5.74) is 2.87. The Hall–Kier alpha value is -4.08. The number of aryl methyl sites for hydroxylation is 1. The first-order valence-electron chi connectivity index (χ1n) is 11.6. The Kier molecular flexibility index (Phi) is 6.02. The molecule has 1 amide bonds. The number of fused-ring (bicyclic) bond motifs is 2. The van der Waals surface area contributed by atoms with Crippen LogP contribution in [0.5, 0.6) is 5.75 Å². The quantitative estimate of drug-likeness (QED) is 0.314. The molecular weight excluding hydrogens is 452 g/mol. The third-order valence-electron chi connectivity index (χ3n) is 6.84. The first kappa shape index (κ1) is 22.7. The lowest BCUT2D eigenvalue weighted by molar-refractivity contribution is -0.384. The first-order chi connectivity index (χ1) is 16.9. The molecule has 0 radical (unpaired) electrons. The topological polar surface area (TPSA) is 124 Å². The molecule has 1 aliphatic rings. The number of likely N-dealkylation sites (tertiary alicyclic amines) is 1. The Bertz CT molecular complexity index is 1460. The second-order valence-corrected chi connectivity index (χ2v) is 8.84. The average molecular weight is 479 g/mol. The molecular formula is C25H26N4O6. The maximum atomic E-state index is 12.8. The number of non-ortho nitro benzene ring substituents is 1. The van der Waals surface area contributed by atoms with Gasteiger partial charge < -0.3 is 19.0 Å². The number of aromatic nitrogens is 2. The molecule has 1 N–H and O–H groups in total. The van der Waals surface area contributed by atoms with Crippen molar-refractivity contribution in [2.24, 2.45) is 0 Å². The van der Waals surface area contributed by atoms with Gasteiger partial charge in [-0.2, -0.15) is 0 Å². The van der Waals surface area contributed by atoms with Crippen LogP contribution < -0.4 is 10.5 Å². The molecule has 182 valence electrons. The van der Waals surface area contributed by atoms with Gasteiger partial charge in [0.15, 0.2) is 5.58 Å². The summed E-state index contributed by atoms with van der Waals surface area (Å²) in [7, 11) is 1.66. The number of carbonyl (C=O) groups excluding carboxylic acids is 1. The van der Waals surface area contributed by atoms with Gasteiger partial charge in [-0.1, -0.05) is 0 Å². The van der Waals surface area contributed by atoms with Crippen molar-refractivity contribution in [1.29, 1.82) is 0 Å². The highest BCUT2D eigenvalue weighted by Gasteiger charge is 2.25. The normalized spacial score (nSPS) is 14.6. The monoisotopic (exact) mass is 478 g/mol. The molecule has 2 aromatic heterocycles. The Balaban J connectivity index is 1.17. The number of ether oxygens (including phenoxy) is 1. The van der Waals surface area contributed by atoms with E-state index in [1.165, 1.54) is 28.3 Å². The highest BCUT2D eigenvalue weighted by molar-refractivity contribution is 5.85. The van der Waals surface area contributed by atoms with E-state index in [0.29, 0.717) is 43.9 Å². The van der Waals surface area contributed by atoms with Crippen molar-refractivity contribution in [2.45, 2.75) is 38.1 Å². The van der Waals surface area contributed by atoms with Crippen molar-refractivity contribution < 1.29 is 18.9 Å².